The molecule has 0 aliphatic carbocycles. The number of nitriles is 1. The summed E-state index contributed by atoms with van der Waals surface area (Å²) in [7, 11) is -1.47. The molecule has 0 unspecified atom stereocenters. The van der Waals surface area contributed by atoms with Crippen LogP contribution >= 0.6 is 0 Å². The molecule has 0 spiro atoms. The second-order valence-electron chi connectivity index (χ2n) is 3.30. The third kappa shape index (κ3) is 3.59. The second-order valence-corrected chi connectivity index (χ2v) is 5.00. The van der Waals surface area contributed by atoms with Crippen molar-refractivity contribution in [2.75, 3.05) is 39.0 Å². The summed E-state index contributed by atoms with van der Waals surface area (Å²) in [6.45, 7) is 2.96. The monoisotopic (exact) mass is 218 g/mol. The van der Waals surface area contributed by atoms with Crippen LogP contribution in [0, 0.1) is 11.3 Å². The molecular weight excluding hydrogens is 204 g/mol. The Bertz CT molecular complexity index is 313. The smallest absolute Gasteiger partial charge is 0.237 e. The maximum absolute atomic E-state index is 11.2. The maximum Gasteiger partial charge on any atom is 0.237 e. The summed E-state index contributed by atoms with van der Waals surface area (Å²) in [5, 5.41) is 9.91. The molecule has 0 aromatic carbocycles. The van der Waals surface area contributed by atoms with E-state index >= 15 is 0 Å². The molecule has 0 aromatic rings. The molecule has 1 fully saturated rings. The Morgan fingerprint density at radius 1 is 1.36 bits per heavy atom. The lowest BCUT2D eigenvalue weighted by Crippen LogP contribution is -2.52. The first-order chi connectivity index (χ1) is 6.53. The first kappa shape index (κ1) is 11.4. The first-order valence-electron chi connectivity index (χ1n) is 4.34. The van der Waals surface area contributed by atoms with Crippen LogP contribution in [-0.4, -0.2) is 57.3 Å². The molecule has 0 radical (unpaired) electrons. The van der Waals surface area contributed by atoms with Crippen LogP contribution < -0.4 is 4.83 Å². The van der Waals surface area contributed by atoms with E-state index in [4.69, 9.17) is 5.26 Å². The van der Waals surface area contributed by atoms with Crippen LogP contribution in [0.5, 0.6) is 0 Å². The van der Waals surface area contributed by atoms with Gasteiger partial charge in [-0.15, -0.1) is 4.83 Å². The van der Waals surface area contributed by atoms with Gasteiger partial charge in [0.25, 0.3) is 0 Å². The predicted molar refractivity (Wildman–Crippen MR) is 51.6 cm³/mol. The molecule has 0 amide bonds. The van der Waals surface area contributed by atoms with Crippen LogP contribution in [-0.2, 0) is 10.0 Å². The van der Waals surface area contributed by atoms with Gasteiger partial charge in [0.05, 0.1) is 6.07 Å². The summed E-state index contributed by atoms with van der Waals surface area (Å²) in [5.74, 6) is -0.487. The van der Waals surface area contributed by atoms with Crippen LogP contribution in [0.3, 0.4) is 0 Å². The van der Waals surface area contributed by atoms with E-state index in [-0.39, 0.29) is 0 Å². The quantitative estimate of drug-likeness (QED) is 0.630. The highest BCUT2D eigenvalue weighted by Crippen LogP contribution is 1.97. The van der Waals surface area contributed by atoms with Crippen molar-refractivity contribution in [2.45, 2.75) is 0 Å². The van der Waals surface area contributed by atoms with Crippen molar-refractivity contribution in [3.8, 4) is 6.07 Å². The summed E-state index contributed by atoms with van der Waals surface area (Å²) >= 11 is 0. The number of hydrogen-bond donors (Lipinski definition) is 1. The third-order valence-electron chi connectivity index (χ3n) is 2.03. The van der Waals surface area contributed by atoms with E-state index in [1.165, 1.54) is 0 Å². The van der Waals surface area contributed by atoms with Crippen molar-refractivity contribution in [2.24, 2.45) is 0 Å². The average Bonchev–Trinajstić information content (AvgIpc) is 2.08. The zero-order valence-electron chi connectivity index (χ0n) is 8.10. The van der Waals surface area contributed by atoms with Gasteiger partial charge in [-0.1, -0.05) is 0 Å². The Morgan fingerprint density at radius 3 is 2.43 bits per heavy atom. The zero-order valence-corrected chi connectivity index (χ0v) is 8.92. The van der Waals surface area contributed by atoms with Gasteiger partial charge in [-0.2, -0.15) is 5.26 Å². The number of likely N-dealkylation sites (N-methyl/N-ethyl adjacent to an activating group) is 1. The number of sulfonamides is 1. The van der Waals surface area contributed by atoms with E-state index in [0.29, 0.717) is 13.1 Å². The fourth-order valence-electron chi connectivity index (χ4n) is 1.21. The molecule has 0 bridgehead atoms. The van der Waals surface area contributed by atoms with Gasteiger partial charge in [0.15, 0.2) is 5.75 Å². The van der Waals surface area contributed by atoms with Crippen molar-refractivity contribution in [1.82, 2.24) is 14.7 Å². The predicted octanol–water partition coefficient (Wildman–Crippen LogP) is -1.41. The van der Waals surface area contributed by atoms with Crippen LogP contribution in [0.1, 0.15) is 0 Å². The Hall–Kier alpha value is -0.680. The van der Waals surface area contributed by atoms with Crippen LogP contribution in [0.25, 0.3) is 0 Å². The van der Waals surface area contributed by atoms with Crippen molar-refractivity contribution in [3.05, 3.63) is 0 Å². The number of piperazine rings is 1. The van der Waals surface area contributed by atoms with Crippen LogP contribution in [0.15, 0.2) is 0 Å². The van der Waals surface area contributed by atoms with E-state index in [0.717, 1.165) is 13.1 Å². The molecule has 7 heteroatoms. The summed E-state index contributed by atoms with van der Waals surface area (Å²) < 4.78 is 22.4. The molecule has 0 atom stereocenters. The standard InChI is InChI=1S/C7H14N4O2S/c1-10-3-5-11(6-4-10)9-14(12,13)7-2-8/h9H,3-7H2,1H3. The molecule has 0 saturated carbocycles. The molecule has 1 heterocycles. The number of hydrogen-bond acceptors (Lipinski definition) is 5. The van der Waals surface area contributed by atoms with Crippen LogP contribution in [0.2, 0.25) is 0 Å². The van der Waals surface area contributed by atoms with E-state index < -0.39 is 15.8 Å². The van der Waals surface area contributed by atoms with E-state index in [1.54, 1.807) is 11.1 Å². The normalized spacial score (nSPS) is 20.6. The molecule has 1 aliphatic rings. The van der Waals surface area contributed by atoms with Crippen molar-refractivity contribution < 1.29 is 8.42 Å². The highest BCUT2D eigenvalue weighted by Gasteiger charge is 2.18. The molecule has 6 nitrogen and oxygen atoms in total. The van der Waals surface area contributed by atoms with Crippen LogP contribution in [0.4, 0.5) is 0 Å². The molecule has 14 heavy (non-hydrogen) atoms. The van der Waals surface area contributed by atoms with E-state index in [2.05, 4.69) is 9.73 Å². The minimum absolute atomic E-state index is 0.487. The van der Waals surface area contributed by atoms with Gasteiger partial charge < -0.3 is 4.90 Å². The van der Waals surface area contributed by atoms with Gasteiger partial charge in [0.2, 0.25) is 10.0 Å². The number of nitrogens with zero attached hydrogens (tertiary/aromatic N) is 3. The van der Waals surface area contributed by atoms with Crippen molar-refractivity contribution >= 4 is 10.0 Å². The zero-order chi connectivity index (χ0) is 10.6. The van der Waals surface area contributed by atoms with Gasteiger partial charge in [0, 0.05) is 26.2 Å². The fourth-order valence-corrected chi connectivity index (χ4v) is 2.02. The lowest BCUT2D eigenvalue weighted by Gasteiger charge is -2.31. The lowest BCUT2D eigenvalue weighted by molar-refractivity contribution is 0.135. The summed E-state index contributed by atoms with van der Waals surface area (Å²) in [6.07, 6.45) is 0. The van der Waals surface area contributed by atoms with Gasteiger partial charge in [-0.25, -0.2) is 13.4 Å². The highest BCUT2D eigenvalue weighted by molar-refractivity contribution is 7.89. The fraction of sp³-hybridized carbons (Fsp3) is 0.857. The molecule has 0 aromatic heterocycles. The third-order valence-corrected chi connectivity index (χ3v) is 3.07. The minimum atomic E-state index is -3.45. The van der Waals surface area contributed by atoms with Gasteiger partial charge in [-0.05, 0) is 7.05 Å². The number of rotatable bonds is 3. The Kier molecular flexibility index (Phi) is 3.83. The Morgan fingerprint density at radius 2 is 1.93 bits per heavy atom. The molecule has 80 valence electrons. The summed E-state index contributed by atoms with van der Waals surface area (Å²) in [4.78, 5) is 4.49. The first-order valence-corrected chi connectivity index (χ1v) is 5.99. The van der Waals surface area contributed by atoms with Crippen molar-refractivity contribution in [1.29, 1.82) is 5.26 Å². The number of nitrogens with one attached hydrogen (secondary N) is 1. The van der Waals surface area contributed by atoms with E-state index in [1.807, 2.05) is 7.05 Å². The lowest BCUT2D eigenvalue weighted by atomic mass is 10.4. The average molecular weight is 218 g/mol. The SMILES string of the molecule is CN1CCN(NS(=O)(=O)CC#N)CC1. The molecular formula is C7H14N4O2S. The molecule has 1 saturated heterocycles. The van der Waals surface area contributed by atoms with Gasteiger partial charge in [-0.3, -0.25) is 0 Å². The Labute approximate surface area is 84.1 Å². The summed E-state index contributed by atoms with van der Waals surface area (Å²) in [5.41, 5.74) is 0. The largest absolute Gasteiger partial charge is 0.304 e. The highest BCUT2D eigenvalue weighted by atomic mass is 32.2. The van der Waals surface area contributed by atoms with Gasteiger partial charge in [0.1, 0.15) is 0 Å². The van der Waals surface area contributed by atoms with Crippen molar-refractivity contribution in [3.63, 3.8) is 0 Å². The Balaban J connectivity index is 2.42. The molecule has 1 aliphatic heterocycles. The second kappa shape index (κ2) is 4.70. The topological polar surface area (TPSA) is 76.4 Å². The molecule has 1 rings (SSSR count). The molecule has 1 N–H and O–H groups in total. The number of hydrazine groups is 1. The van der Waals surface area contributed by atoms with Gasteiger partial charge >= 0.3 is 0 Å². The maximum atomic E-state index is 11.2. The van der Waals surface area contributed by atoms with E-state index in [9.17, 15) is 8.42 Å². The summed E-state index contributed by atoms with van der Waals surface area (Å²) in [6, 6.07) is 1.62. The minimum Gasteiger partial charge on any atom is -0.304 e.